The van der Waals surface area contributed by atoms with Gasteiger partial charge < -0.3 is 18.9 Å². The summed E-state index contributed by atoms with van der Waals surface area (Å²) >= 11 is 0. The van der Waals surface area contributed by atoms with Crippen LogP contribution in [0.2, 0.25) is 0 Å². The van der Waals surface area contributed by atoms with Gasteiger partial charge in [-0.25, -0.2) is 0 Å². The number of aromatic nitrogens is 4. The van der Waals surface area contributed by atoms with Crippen molar-refractivity contribution in [1.82, 2.24) is 29.7 Å². The van der Waals surface area contributed by atoms with Crippen LogP contribution < -0.4 is 18.9 Å². The molecule has 0 radical (unpaired) electrons. The van der Waals surface area contributed by atoms with Crippen LogP contribution in [0.1, 0.15) is 75.7 Å². The average molecular weight is 881 g/mol. The maximum atomic E-state index is 7.76. The van der Waals surface area contributed by atoms with Crippen molar-refractivity contribution in [2.75, 3.05) is 40.4 Å². The van der Waals surface area contributed by atoms with Gasteiger partial charge in [-0.05, 0) is 117 Å². The van der Waals surface area contributed by atoms with E-state index in [0.29, 0.717) is 41.3 Å². The lowest BCUT2D eigenvalue weighted by molar-refractivity contribution is -0.0510. The molecule has 2 unspecified atom stereocenters. The van der Waals surface area contributed by atoms with Gasteiger partial charge in [0.05, 0.1) is 37.3 Å². The van der Waals surface area contributed by atoms with Crippen LogP contribution in [0.15, 0.2) is 122 Å². The molecule has 338 valence electrons. The Morgan fingerprint density at radius 3 is 1.47 bits per heavy atom. The van der Waals surface area contributed by atoms with E-state index in [0.717, 1.165) is 100 Å². The van der Waals surface area contributed by atoms with Crippen molar-refractivity contribution >= 4 is 21.8 Å². The molecule has 13 rings (SSSR count). The number of hydrogen-bond acceptors (Lipinski definition) is 10. The first kappa shape index (κ1) is 42.5. The third-order valence-corrected chi connectivity index (χ3v) is 15.6. The van der Waals surface area contributed by atoms with Crippen LogP contribution in [-0.4, -0.2) is 82.2 Å². The number of benzene rings is 4. The predicted molar refractivity (Wildman–Crippen MR) is 260 cm³/mol. The molecule has 10 heteroatoms. The normalized spacial score (nSPS) is 25.4. The summed E-state index contributed by atoms with van der Waals surface area (Å²) in [5, 5.41) is 2.02. The Morgan fingerprint density at radius 1 is 0.576 bits per heavy atom. The van der Waals surface area contributed by atoms with Crippen molar-refractivity contribution in [2.45, 2.75) is 76.7 Å². The Kier molecular flexibility index (Phi) is 11.8. The highest BCUT2D eigenvalue weighted by Crippen LogP contribution is 2.50. The fraction of sp³-hybridized carbons (Fsp3) is 0.393. The number of hydrogen-bond donors (Lipinski definition) is 0. The minimum Gasteiger partial charge on any atom is -0.497 e. The summed E-state index contributed by atoms with van der Waals surface area (Å²) in [4.78, 5) is 26.0. The van der Waals surface area contributed by atoms with E-state index >= 15 is 0 Å². The van der Waals surface area contributed by atoms with Gasteiger partial charge in [0.2, 0.25) is 11.8 Å². The Morgan fingerprint density at radius 2 is 1.05 bits per heavy atom. The van der Waals surface area contributed by atoms with Gasteiger partial charge in [0.25, 0.3) is 0 Å². The average Bonchev–Trinajstić information content (AvgIpc) is 3.39. The molecule has 4 aromatic carbocycles. The molecule has 0 N–H and O–H groups in total. The maximum Gasteiger partial charge on any atom is 0.229 e. The van der Waals surface area contributed by atoms with E-state index in [1.165, 1.54) is 25.7 Å². The van der Waals surface area contributed by atoms with Gasteiger partial charge in [0.15, 0.2) is 5.82 Å². The van der Waals surface area contributed by atoms with Crippen LogP contribution in [0.5, 0.6) is 23.3 Å². The highest BCUT2D eigenvalue weighted by atomic mass is 16.5. The Balaban J connectivity index is 1.13. The first-order valence-electron chi connectivity index (χ1n) is 24.2. The first-order valence-corrected chi connectivity index (χ1v) is 24.2. The zero-order valence-electron chi connectivity index (χ0n) is 38.6. The van der Waals surface area contributed by atoms with Gasteiger partial charge in [-0.1, -0.05) is 87.4 Å². The molecule has 0 aliphatic carbocycles. The third-order valence-electron chi connectivity index (χ3n) is 15.6. The molecule has 0 spiro atoms. The van der Waals surface area contributed by atoms with E-state index in [9.17, 15) is 0 Å². The molecule has 4 bridgehead atoms. The van der Waals surface area contributed by atoms with Gasteiger partial charge in [-0.2, -0.15) is 9.97 Å². The highest BCUT2D eigenvalue weighted by molar-refractivity contribution is 5.85. The molecule has 6 fully saturated rings. The van der Waals surface area contributed by atoms with E-state index in [4.69, 9.17) is 38.9 Å². The van der Waals surface area contributed by atoms with Crippen molar-refractivity contribution in [3.8, 4) is 45.8 Å². The molecule has 0 saturated carbocycles. The molecule has 10 nitrogen and oxygen atoms in total. The summed E-state index contributed by atoms with van der Waals surface area (Å²) in [5.41, 5.74) is 6.48. The summed E-state index contributed by atoms with van der Waals surface area (Å²) in [7, 11) is 3.44. The van der Waals surface area contributed by atoms with E-state index in [1.807, 2.05) is 54.9 Å². The van der Waals surface area contributed by atoms with E-state index in [-0.39, 0.29) is 12.1 Å². The number of rotatable bonds is 14. The van der Waals surface area contributed by atoms with Crippen LogP contribution in [0.4, 0.5) is 0 Å². The fourth-order valence-electron chi connectivity index (χ4n) is 12.1. The van der Waals surface area contributed by atoms with Crippen molar-refractivity contribution < 1.29 is 18.9 Å². The van der Waals surface area contributed by atoms with Crippen molar-refractivity contribution in [3.05, 3.63) is 133 Å². The Hall–Kier alpha value is -6.10. The minimum absolute atomic E-state index is 0.106. The summed E-state index contributed by atoms with van der Waals surface area (Å²) in [6, 6.07) is 37.4. The summed E-state index contributed by atoms with van der Waals surface area (Å²) in [6.45, 7) is 8.88. The van der Waals surface area contributed by atoms with E-state index < -0.39 is 12.2 Å². The number of piperidine rings is 6. The van der Waals surface area contributed by atoms with E-state index in [1.54, 1.807) is 14.2 Å². The van der Waals surface area contributed by atoms with Crippen LogP contribution in [0.25, 0.3) is 44.3 Å². The summed E-state index contributed by atoms with van der Waals surface area (Å²) < 4.78 is 27.2. The second kappa shape index (κ2) is 18.3. The van der Waals surface area contributed by atoms with Crippen LogP contribution in [0, 0.1) is 23.7 Å². The highest BCUT2D eigenvalue weighted by Gasteiger charge is 2.47. The van der Waals surface area contributed by atoms with Crippen LogP contribution in [-0.2, 0) is 0 Å². The molecule has 0 amide bonds. The van der Waals surface area contributed by atoms with Gasteiger partial charge in [0, 0.05) is 52.9 Å². The largest absolute Gasteiger partial charge is 0.497 e. The monoisotopic (exact) mass is 880 g/mol. The van der Waals surface area contributed by atoms with Gasteiger partial charge in [0.1, 0.15) is 29.3 Å². The van der Waals surface area contributed by atoms with Crippen molar-refractivity contribution in [2.24, 2.45) is 23.7 Å². The SMILES string of the molecule is CC[C@H]1CN2CC[C@@H]1C[C@@H]2[C@@H](Oc1nc(-c2ccccc2)nc(O[C@@H](c2ccnc3ccc(OC)cc23)[C@H]2C[C@@H]3CCN2C[C@@H]3CC)c1-c1ccccc1)c1ccnc2ccc(OC)cc12. The molecule has 9 heterocycles. The molecule has 66 heavy (non-hydrogen) atoms. The standard InChI is InChI=1S/C56H60N6O4/c1-5-35-33-61-27-23-39(35)29-49(61)52(43-21-25-57-47-19-17-41(63-3)31-45(43)47)65-55-51(37-13-9-7-10-14-37)56(60-54(59-55)38-15-11-8-12-16-38)66-53(50-30-40-24-28-62(50)34-36(40)6-2)44-22-26-58-48-20-18-42(64-4)32-46(44)48/h7-22,25-26,31-32,35-36,39-40,49-50,52-53H,5-6,23-24,27-30,33-34H2,1-4H3/t35-,36-,39-,40+,49+,50+,52-,53-/m0/s1. The smallest absolute Gasteiger partial charge is 0.229 e. The molecule has 6 aliphatic rings. The molecule has 7 aromatic rings. The maximum absolute atomic E-state index is 7.76. The molecular formula is C56H60N6O4. The molecule has 6 aliphatic heterocycles. The van der Waals surface area contributed by atoms with Gasteiger partial charge >= 0.3 is 0 Å². The Bertz CT molecular complexity index is 2680. The minimum atomic E-state index is -0.393. The second-order valence-electron chi connectivity index (χ2n) is 18.9. The molecule has 6 saturated heterocycles. The third kappa shape index (κ3) is 7.91. The molecule has 3 aromatic heterocycles. The van der Waals surface area contributed by atoms with Crippen molar-refractivity contribution in [3.63, 3.8) is 0 Å². The molecular weight excluding hydrogens is 821 g/mol. The quantitative estimate of drug-likeness (QED) is 0.105. The number of nitrogens with zero attached hydrogens (tertiary/aromatic N) is 6. The summed E-state index contributed by atoms with van der Waals surface area (Å²) in [6.07, 6.45) is 9.90. The number of fused-ring (bicyclic) bond motifs is 8. The zero-order valence-corrected chi connectivity index (χ0v) is 38.6. The zero-order chi connectivity index (χ0) is 44.7. The number of methoxy groups -OCH3 is 2. The lowest BCUT2D eigenvalue weighted by Crippen LogP contribution is -2.56. The molecule has 10 atom stereocenters. The van der Waals surface area contributed by atoms with Crippen LogP contribution in [0.3, 0.4) is 0 Å². The first-order chi connectivity index (χ1) is 32.5. The topological polar surface area (TPSA) is 95.0 Å². The summed E-state index contributed by atoms with van der Waals surface area (Å²) in [5.74, 6) is 5.70. The Labute approximate surface area is 388 Å². The number of pyridine rings is 2. The number of ether oxygens (including phenoxy) is 4. The second-order valence-corrected chi connectivity index (χ2v) is 18.9. The van der Waals surface area contributed by atoms with Gasteiger partial charge in [-0.15, -0.1) is 0 Å². The van der Waals surface area contributed by atoms with Gasteiger partial charge in [-0.3, -0.25) is 19.8 Å². The van der Waals surface area contributed by atoms with Crippen LogP contribution >= 0.6 is 0 Å². The fourth-order valence-corrected chi connectivity index (χ4v) is 12.1. The lowest BCUT2D eigenvalue weighted by Gasteiger charge is -2.52. The lowest BCUT2D eigenvalue weighted by atomic mass is 9.72. The predicted octanol–water partition coefficient (Wildman–Crippen LogP) is 11.4. The van der Waals surface area contributed by atoms with E-state index in [2.05, 4.69) is 90.4 Å². The van der Waals surface area contributed by atoms with Crippen molar-refractivity contribution in [1.29, 1.82) is 0 Å².